The van der Waals surface area contributed by atoms with Crippen LogP contribution in [0.5, 0.6) is 0 Å². The molecule has 6 aliphatic rings. The van der Waals surface area contributed by atoms with Crippen LogP contribution < -0.4 is 0 Å². The zero-order valence-electron chi connectivity index (χ0n) is 17.7. The van der Waals surface area contributed by atoms with Gasteiger partial charge in [0.1, 0.15) is 0 Å². The van der Waals surface area contributed by atoms with Crippen molar-refractivity contribution in [2.24, 2.45) is 23.7 Å². The highest BCUT2D eigenvalue weighted by Gasteiger charge is 2.69. The van der Waals surface area contributed by atoms with Crippen molar-refractivity contribution in [3.63, 3.8) is 0 Å². The Bertz CT molecular complexity index is 585. The minimum absolute atomic E-state index is 0.0919. The molecule has 28 heavy (non-hydrogen) atoms. The average Bonchev–Trinajstić information content (AvgIpc) is 2.92. The van der Waals surface area contributed by atoms with Crippen molar-refractivity contribution in [2.75, 3.05) is 7.11 Å². The zero-order valence-corrected chi connectivity index (χ0v) is 17.7. The van der Waals surface area contributed by atoms with E-state index < -0.39 is 17.7 Å². The molecule has 6 fully saturated rings. The average molecular weight is 397 g/mol. The van der Waals surface area contributed by atoms with Crippen LogP contribution in [-0.4, -0.2) is 43.3 Å². The molecule has 6 nitrogen and oxygen atoms in total. The van der Waals surface area contributed by atoms with Gasteiger partial charge >= 0.3 is 0 Å². The van der Waals surface area contributed by atoms with Crippen molar-refractivity contribution < 1.29 is 28.7 Å². The van der Waals surface area contributed by atoms with E-state index in [2.05, 4.69) is 13.8 Å². The number of hydrogen-bond acceptors (Lipinski definition) is 6. The molecule has 10 atom stereocenters. The molecule has 0 aromatic carbocycles. The van der Waals surface area contributed by atoms with Gasteiger partial charge in [-0.2, -0.15) is 0 Å². The molecular formula is C22H36O6. The van der Waals surface area contributed by atoms with Gasteiger partial charge in [-0.05, 0) is 50.9 Å². The summed E-state index contributed by atoms with van der Waals surface area (Å²) in [7, 11) is 1.79. The van der Waals surface area contributed by atoms with Crippen LogP contribution in [0.3, 0.4) is 0 Å². The van der Waals surface area contributed by atoms with Crippen molar-refractivity contribution >= 4 is 0 Å². The van der Waals surface area contributed by atoms with Crippen LogP contribution in [0.1, 0.15) is 72.1 Å². The Morgan fingerprint density at radius 2 is 1.68 bits per heavy atom. The van der Waals surface area contributed by atoms with Gasteiger partial charge in [0.25, 0.3) is 0 Å². The van der Waals surface area contributed by atoms with Crippen molar-refractivity contribution in [3.8, 4) is 0 Å². The molecule has 160 valence electrons. The summed E-state index contributed by atoms with van der Waals surface area (Å²) in [5.41, 5.74) is -0.514. The third-order valence-corrected chi connectivity index (χ3v) is 8.35. The molecule has 5 unspecified atom stereocenters. The highest BCUT2D eigenvalue weighted by atomic mass is 17.3. The molecule has 6 rings (SSSR count). The minimum Gasteiger partial charge on any atom is -0.379 e. The van der Waals surface area contributed by atoms with Gasteiger partial charge in [0, 0.05) is 25.4 Å². The molecule has 1 spiro atoms. The largest absolute Gasteiger partial charge is 0.379 e. The van der Waals surface area contributed by atoms with Crippen molar-refractivity contribution in [1.82, 2.24) is 0 Å². The van der Waals surface area contributed by atoms with E-state index in [4.69, 9.17) is 28.7 Å². The summed E-state index contributed by atoms with van der Waals surface area (Å²) in [5, 5.41) is 0. The highest BCUT2D eigenvalue weighted by molar-refractivity contribution is 5.09. The molecular weight excluding hydrogens is 360 g/mol. The summed E-state index contributed by atoms with van der Waals surface area (Å²) in [6.45, 7) is 6.56. The first-order valence-corrected chi connectivity index (χ1v) is 11.4. The molecule has 2 bridgehead atoms. The summed E-state index contributed by atoms with van der Waals surface area (Å²) >= 11 is 0. The lowest BCUT2D eigenvalue weighted by atomic mass is 9.58. The van der Waals surface area contributed by atoms with Crippen molar-refractivity contribution in [3.05, 3.63) is 0 Å². The zero-order chi connectivity index (χ0) is 19.5. The van der Waals surface area contributed by atoms with Gasteiger partial charge in [-0.25, -0.2) is 9.78 Å². The Labute approximate surface area is 168 Å². The molecule has 2 saturated carbocycles. The monoisotopic (exact) mass is 396 g/mol. The predicted molar refractivity (Wildman–Crippen MR) is 101 cm³/mol. The van der Waals surface area contributed by atoms with Crippen LogP contribution >= 0.6 is 0 Å². The Balaban J connectivity index is 1.43. The second-order valence-electron chi connectivity index (χ2n) is 10.0. The number of fused-ring (bicyclic) bond motifs is 2. The first-order valence-electron chi connectivity index (χ1n) is 11.4. The quantitative estimate of drug-likeness (QED) is 0.668. The van der Waals surface area contributed by atoms with E-state index in [1.165, 1.54) is 19.3 Å². The smallest absolute Gasteiger partial charge is 0.201 e. The van der Waals surface area contributed by atoms with Crippen LogP contribution in [0.2, 0.25) is 0 Å². The van der Waals surface area contributed by atoms with E-state index in [1.807, 2.05) is 6.92 Å². The topological polar surface area (TPSA) is 55.4 Å². The van der Waals surface area contributed by atoms with Gasteiger partial charge in [0.05, 0.1) is 12.2 Å². The van der Waals surface area contributed by atoms with Crippen LogP contribution in [0.4, 0.5) is 0 Å². The molecule has 6 heteroatoms. The van der Waals surface area contributed by atoms with Crippen molar-refractivity contribution in [2.45, 2.75) is 108 Å². The summed E-state index contributed by atoms with van der Waals surface area (Å²) in [5.74, 6) is 0.772. The molecule has 0 radical (unpaired) electrons. The fraction of sp³-hybridized carbons (Fsp3) is 1.00. The summed E-state index contributed by atoms with van der Waals surface area (Å²) in [6.07, 6.45) is 8.22. The normalized spacial score (nSPS) is 56.1. The van der Waals surface area contributed by atoms with E-state index in [1.54, 1.807) is 7.11 Å². The maximum atomic E-state index is 6.57. The fourth-order valence-electron chi connectivity index (χ4n) is 6.69. The lowest BCUT2D eigenvalue weighted by Gasteiger charge is -2.60. The van der Waals surface area contributed by atoms with Gasteiger partial charge in [-0.15, -0.1) is 0 Å². The highest BCUT2D eigenvalue weighted by Crippen LogP contribution is 2.60. The Kier molecular flexibility index (Phi) is 5.05. The van der Waals surface area contributed by atoms with E-state index in [9.17, 15) is 0 Å². The second kappa shape index (κ2) is 7.17. The lowest BCUT2D eigenvalue weighted by molar-refractivity contribution is -0.578. The molecule has 0 amide bonds. The molecule has 4 aliphatic heterocycles. The maximum absolute atomic E-state index is 6.57. The first kappa shape index (κ1) is 19.7. The maximum Gasteiger partial charge on any atom is 0.201 e. The molecule has 0 N–H and O–H groups in total. The molecule has 4 saturated heterocycles. The van der Waals surface area contributed by atoms with Crippen LogP contribution in [0, 0.1) is 23.7 Å². The number of methoxy groups -OCH3 is 1. The molecule has 4 heterocycles. The molecule has 2 aliphatic carbocycles. The van der Waals surface area contributed by atoms with Gasteiger partial charge in [0.15, 0.2) is 18.2 Å². The number of rotatable bonds is 3. The van der Waals surface area contributed by atoms with Crippen LogP contribution in [-0.2, 0) is 28.7 Å². The summed E-state index contributed by atoms with van der Waals surface area (Å²) < 4.78 is 25.2. The van der Waals surface area contributed by atoms with Gasteiger partial charge < -0.3 is 18.9 Å². The number of ether oxygens (including phenoxy) is 4. The van der Waals surface area contributed by atoms with Gasteiger partial charge in [-0.1, -0.05) is 26.7 Å². The molecule has 0 aromatic heterocycles. The van der Waals surface area contributed by atoms with Crippen molar-refractivity contribution in [1.29, 1.82) is 0 Å². The Morgan fingerprint density at radius 3 is 2.46 bits per heavy atom. The third-order valence-electron chi connectivity index (χ3n) is 8.35. The predicted octanol–water partition coefficient (Wildman–Crippen LogP) is 4.17. The molecule has 0 aromatic rings. The second-order valence-corrected chi connectivity index (χ2v) is 10.0. The number of hydrogen-bond donors (Lipinski definition) is 0. The summed E-state index contributed by atoms with van der Waals surface area (Å²) in [4.78, 5) is 12.1. The SMILES string of the molecule is COC1CCCCC1OC1O[C@@H]2O[C@]3(C)CCC4[C@H](C)CCC([C@H]1C)[C@]42OO3. The fourth-order valence-corrected chi connectivity index (χ4v) is 6.69. The van der Waals surface area contributed by atoms with E-state index in [-0.39, 0.29) is 24.4 Å². The van der Waals surface area contributed by atoms with E-state index in [0.29, 0.717) is 17.8 Å². The van der Waals surface area contributed by atoms with Gasteiger partial charge in [0.2, 0.25) is 5.79 Å². The third kappa shape index (κ3) is 2.90. The van der Waals surface area contributed by atoms with Gasteiger partial charge in [-0.3, -0.25) is 0 Å². The first-order chi connectivity index (χ1) is 13.5. The van der Waals surface area contributed by atoms with Crippen LogP contribution in [0.15, 0.2) is 0 Å². The standard InChI is InChI=1S/C22H36O6/c1-13-9-10-16-14(2)19(24-18-8-6-5-7-17(18)23-4)25-20-22(16)15(13)11-12-21(3,26-20)27-28-22/h13-20H,5-12H2,1-4H3/t13-,14-,15?,16?,17?,18?,19?,20-,21+,22-/m1/s1. The Morgan fingerprint density at radius 1 is 0.893 bits per heavy atom. The lowest BCUT2D eigenvalue weighted by Crippen LogP contribution is -2.70. The summed E-state index contributed by atoms with van der Waals surface area (Å²) in [6, 6.07) is 0. The van der Waals surface area contributed by atoms with Crippen LogP contribution in [0.25, 0.3) is 0 Å². The van der Waals surface area contributed by atoms with E-state index >= 15 is 0 Å². The van der Waals surface area contributed by atoms with E-state index in [0.717, 1.165) is 32.1 Å². The minimum atomic E-state index is -0.734. The Hall–Kier alpha value is -0.240.